The van der Waals surface area contributed by atoms with Gasteiger partial charge in [0.1, 0.15) is 11.5 Å². The summed E-state index contributed by atoms with van der Waals surface area (Å²) in [4.78, 5) is 0. The molecule has 1 aromatic heterocycles. The highest BCUT2D eigenvalue weighted by Gasteiger charge is 2.29. The molecule has 108 valence electrons. The minimum atomic E-state index is -2.23. The molecule has 0 aliphatic heterocycles. The number of rotatable bonds is 3. The van der Waals surface area contributed by atoms with E-state index >= 15 is 0 Å². The van der Waals surface area contributed by atoms with Crippen molar-refractivity contribution in [1.82, 2.24) is 14.8 Å². The molecular formula is C11H7ClF5N3. The zero-order chi connectivity index (χ0) is 15.0. The molecule has 0 bridgehead atoms. The Balaban J connectivity index is 2.80. The normalized spacial score (nSPS) is 11.2. The maximum absolute atomic E-state index is 13.7. The van der Waals surface area contributed by atoms with Crippen molar-refractivity contribution in [2.24, 2.45) is 0 Å². The highest BCUT2D eigenvalue weighted by molar-refractivity contribution is 6.28. The van der Waals surface area contributed by atoms with Crippen LogP contribution >= 0.6 is 11.6 Å². The molecule has 0 saturated carbocycles. The summed E-state index contributed by atoms with van der Waals surface area (Å²) in [5.74, 6) is -10.3. The first-order valence-corrected chi connectivity index (χ1v) is 5.89. The van der Waals surface area contributed by atoms with Crippen LogP contribution in [0.5, 0.6) is 0 Å². The van der Waals surface area contributed by atoms with Crippen molar-refractivity contribution in [3.63, 3.8) is 0 Å². The number of benzene rings is 1. The molecule has 0 atom stereocenters. The van der Waals surface area contributed by atoms with Gasteiger partial charge in [-0.05, 0) is 18.0 Å². The third-order valence-electron chi connectivity index (χ3n) is 2.57. The molecule has 0 aliphatic carbocycles. The monoisotopic (exact) mass is 311 g/mol. The van der Waals surface area contributed by atoms with E-state index in [0.29, 0.717) is 11.0 Å². The van der Waals surface area contributed by atoms with Gasteiger partial charge >= 0.3 is 0 Å². The summed E-state index contributed by atoms with van der Waals surface area (Å²) in [6.45, 7) is 1.74. The fourth-order valence-corrected chi connectivity index (χ4v) is 1.91. The van der Waals surface area contributed by atoms with Gasteiger partial charge in [0.05, 0.1) is 0 Å². The number of aryl methyl sites for hydroxylation is 1. The van der Waals surface area contributed by atoms with E-state index in [4.69, 9.17) is 11.6 Å². The van der Waals surface area contributed by atoms with Gasteiger partial charge in [0.15, 0.2) is 23.3 Å². The lowest BCUT2D eigenvalue weighted by Crippen LogP contribution is -2.12. The Labute approximate surface area is 115 Å². The van der Waals surface area contributed by atoms with Crippen molar-refractivity contribution < 1.29 is 22.0 Å². The zero-order valence-electron chi connectivity index (χ0n) is 10.0. The van der Waals surface area contributed by atoms with Gasteiger partial charge in [0.2, 0.25) is 11.1 Å². The quantitative estimate of drug-likeness (QED) is 0.493. The molecule has 20 heavy (non-hydrogen) atoms. The van der Waals surface area contributed by atoms with Crippen molar-refractivity contribution in [3.8, 4) is 5.69 Å². The van der Waals surface area contributed by atoms with Gasteiger partial charge < -0.3 is 0 Å². The highest BCUT2D eigenvalue weighted by Crippen LogP contribution is 2.29. The second-order valence-corrected chi connectivity index (χ2v) is 4.23. The first-order valence-electron chi connectivity index (χ1n) is 5.51. The van der Waals surface area contributed by atoms with Crippen LogP contribution in [0, 0.1) is 29.1 Å². The Morgan fingerprint density at radius 1 is 0.900 bits per heavy atom. The molecule has 9 heteroatoms. The summed E-state index contributed by atoms with van der Waals surface area (Å²) >= 11 is 5.62. The third kappa shape index (κ3) is 2.13. The summed E-state index contributed by atoms with van der Waals surface area (Å²) in [5.41, 5.74) is -1.18. The second kappa shape index (κ2) is 5.35. The minimum Gasteiger partial charge on any atom is -0.264 e. The molecule has 3 nitrogen and oxygen atoms in total. The first-order chi connectivity index (χ1) is 9.40. The highest BCUT2D eigenvalue weighted by atomic mass is 35.5. The molecule has 1 aromatic carbocycles. The Morgan fingerprint density at radius 2 is 1.40 bits per heavy atom. The molecule has 1 heterocycles. The summed E-state index contributed by atoms with van der Waals surface area (Å²) in [6, 6.07) is 0. The Hall–Kier alpha value is -1.70. The SMILES string of the molecule is CCCc1nnc(Cl)n1-c1c(F)c(F)c(F)c(F)c1F. The van der Waals surface area contributed by atoms with Crippen LogP contribution in [0.2, 0.25) is 5.28 Å². The standard InChI is InChI=1S/C11H7ClF5N3/c1-2-3-4-18-19-11(12)20(4)10-8(16)6(14)5(13)7(15)9(10)17/h2-3H2,1H3. The fourth-order valence-electron chi connectivity index (χ4n) is 1.69. The van der Waals surface area contributed by atoms with Crippen LogP contribution < -0.4 is 0 Å². The number of halogens is 6. The van der Waals surface area contributed by atoms with E-state index in [2.05, 4.69) is 10.2 Å². The first kappa shape index (κ1) is 14.7. The van der Waals surface area contributed by atoms with E-state index in [1.54, 1.807) is 6.92 Å². The van der Waals surface area contributed by atoms with Crippen LogP contribution in [0.1, 0.15) is 19.2 Å². The molecule has 0 radical (unpaired) electrons. The third-order valence-corrected chi connectivity index (χ3v) is 2.82. The van der Waals surface area contributed by atoms with Gasteiger partial charge in [-0.25, -0.2) is 22.0 Å². The van der Waals surface area contributed by atoms with E-state index < -0.39 is 40.1 Å². The number of nitrogens with zero attached hydrogens (tertiary/aromatic N) is 3. The van der Waals surface area contributed by atoms with Crippen LogP contribution in [-0.2, 0) is 6.42 Å². The molecule has 0 N–H and O–H groups in total. The van der Waals surface area contributed by atoms with Crippen molar-refractivity contribution in [1.29, 1.82) is 0 Å². The van der Waals surface area contributed by atoms with Crippen LogP contribution in [0.25, 0.3) is 5.69 Å². The van der Waals surface area contributed by atoms with Gasteiger partial charge in [-0.1, -0.05) is 6.92 Å². The number of hydrogen-bond donors (Lipinski definition) is 0. The maximum atomic E-state index is 13.7. The fraction of sp³-hybridized carbons (Fsp3) is 0.273. The molecule has 0 unspecified atom stereocenters. The lowest BCUT2D eigenvalue weighted by Gasteiger charge is -2.11. The van der Waals surface area contributed by atoms with Crippen molar-refractivity contribution in [3.05, 3.63) is 40.2 Å². The van der Waals surface area contributed by atoms with E-state index in [9.17, 15) is 22.0 Å². The second-order valence-electron chi connectivity index (χ2n) is 3.89. The maximum Gasteiger partial charge on any atom is 0.229 e. The molecule has 0 spiro atoms. The number of aromatic nitrogens is 3. The lowest BCUT2D eigenvalue weighted by atomic mass is 10.2. The van der Waals surface area contributed by atoms with Crippen LogP contribution in [-0.4, -0.2) is 14.8 Å². The largest absolute Gasteiger partial charge is 0.264 e. The summed E-state index contributed by atoms with van der Waals surface area (Å²) < 4.78 is 67.4. The Morgan fingerprint density at radius 3 is 1.90 bits per heavy atom. The van der Waals surface area contributed by atoms with Crippen LogP contribution in [0.3, 0.4) is 0 Å². The van der Waals surface area contributed by atoms with Crippen LogP contribution in [0.15, 0.2) is 0 Å². The van der Waals surface area contributed by atoms with Crippen LogP contribution in [0.4, 0.5) is 22.0 Å². The Kier molecular flexibility index (Phi) is 3.94. The number of hydrogen-bond acceptors (Lipinski definition) is 2. The zero-order valence-corrected chi connectivity index (χ0v) is 10.8. The van der Waals surface area contributed by atoms with E-state index in [-0.39, 0.29) is 12.2 Å². The minimum absolute atomic E-state index is 0.000656. The molecule has 2 aromatic rings. The molecule has 0 fully saturated rings. The van der Waals surface area contributed by atoms with E-state index in [0.717, 1.165) is 0 Å². The lowest BCUT2D eigenvalue weighted by molar-refractivity contribution is 0.375. The topological polar surface area (TPSA) is 30.7 Å². The predicted molar refractivity (Wildman–Crippen MR) is 60.2 cm³/mol. The van der Waals surface area contributed by atoms with Crippen molar-refractivity contribution in [2.75, 3.05) is 0 Å². The molecule has 0 saturated heterocycles. The smallest absolute Gasteiger partial charge is 0.229 e. The Bertz CT molecular complexity index is 642. The summed E-state index contributed by atoms with van der Waals surface area (Å²) in [7, 11) is 0. The molecule has 2 rings (SSSR count). The van der Waals surface area contributed by atoms with Gasteiger partial charge in [-0.3, -0.25) is 4.57 Å². The molecule has 0 amide bonds. The van der Waals surface area contributed by atoms with Gasteiger partial charge in [0.25, 0.3) is 0 Å². The van der Waals surface area contributed by atoms with Gasteiger partial charge in [-0.2, -0.15) is 0 Å². The van der Waals surface area contributed by atoms with Gasteiger partial charge in [0, 0.05) is 6.42 Å². The van der Waals surface area contributed by atoms with Crippen molar-refractivity contribution in [2.45, 2.75) is 19.8 Å². The van der Waals surface area contributed by atoms with Crippen molar-refractivity contribution >= 4 is 11.6 Å². The average molecular weight is 312 g/mol. The predicted octanol–water partition coefficient (Wildman–Crippen LogP) is 3.57. The summed E-state index contributed by atoms with van der Waals surface area (Å²) in [5, 5.41) is 6.45. The summed E-state index contributed by atoms with van der Waals surface area (Å²) in [6.07, 6.45) is 0.726. The van der Waals surface area contributed by atoms with E-state index in [1.165, 1.54) is 0 Å². The van der Waals surface area contributed by atoms with Gasteiger partial charge in [-0.15, -0.1) is 10.2 Å². The van der Waals surface area contributed by atoms with E-state index in [1.807, 2.05) is 0 Å². The average Bonchev–Trinajstić information content (AvgIpc) is 2.77. The molecular weight excluding hydrogens is 305 g/mol. The molecule has 0 aliphatic rings.